The number of esters is 1. The van der Waals surface area contributed by atoms with Gasteiger partial charge < -0.3 is 9.84 Å². The summed E-state index contributed by atoms with van der Waals surface area (Å²) in [7, 11) is 1.22. The number of carbonyl (C=O) groups excluding carboxylic acids is 2. The van der Waals surface area contributed by atoms with Crippen LogP contribution in [-0.4, -0.2) is 30.4 Å². The van der Waals surface area contributed by atoms with Gasteiger partial charge >= 0.3 is 11.9 Å². The molecule has 1 N–H and O–H groups in total. The van der Waals surface area contributed by atoms with Gasteiger partial charge in [0.15, 0.2) is 0 Å². The van der Waals surface area contributed by atoms with Gasteiger partial charge in [-0.3, -0.25) is 14.4 Å². The van der Waals surface area contributed by atoms with Gasteiger partial charge in [0, 0.05) is 5.92 Å². The summed E-state index contributed by atoms with van der Waals surface area (Å²) >= 11 is 0. The van der Waals surface area contributed by atoms with Crippen LogP contribution in [-0.2, 0) is 19.1 Å². The number of hydrogen-bond donors (Lipinski definition) is 1. The highest BCUT2D eigenvalue weighted by molar-refractivity contribution is 5.80. The summed E-state index contributed by atoms with van der Waals surface area (Å²) in [4.78, 5) is 32.1. The summed E-state index contributed by atoms with van der Waals surface area (Å²) in [6.07, 6.45) is 1.72. The number of aliphatic carboxylic acids is 1. The van der Waals surface area contributed by atoms with Crippen molar-refractivity contribution in [2.45, 2.75) is 19.8 Å². The number of hydrogen-bond acceptors (Lipinski definition) is 4. The summed E-state index contributed by atoms with van der Waals surface area (Å²) in [6.45, 7) is 1.62. The third-order valence-corrected chi connectivity index (χ3v) is 2.00. The normalized spacial score (nSPS) is 13.1. The highest BCUT2D eigenvalue weighted by Gasteiger charge is 2.20. The SMILES string of the molecule is CC=C(C=O)[C@H](CC(=O)O)CC(=O)OC. The Hall–Kier alpha value is -1.65. The van der Waals surface area contributed by atoms with Gasteiger partial charge in [-0.25, -0.2) is 0 Å². The number of carbonyl (C=O) groups is 3. The van der Waals surface area contributed by atoms with Gasteiger partial charge in [-0.05, 0) is 12.5 Å². The minimum Gasteiger partial charge on any atom is -0.481 e. The Kier molecular flexibility index (Phi) is 6.01. The Morgan fingerprint density at radius 1 is 1.40 bits per heavy atom. The molecular formula is C10H14O5. The monoisotopic (exact) mass is 214 g/mol. The average molecular weight is 214 g/mol. The third kappa shape index (κ3) is 4.95. The maximum Gasteiger partial charge on any atom is 0.306 e. The molecule has 84 valence electrons. The standard InChI is InChI=1S/C10H14O5/c1-3-7(6-11)8(4-9(12)13)5-10(14)15-2/h3,6,8H,4-5H2,1-2H3,(H,12,13)/t8-/m1/s1. The molecule has 5 nitrogen and oxygen atoms in total. The van der Waals surface area contributed by atoms with Gasteiger partial charge in [-0.1, -0.05) is 6.08 Å². The molecule has 0 unspecified atom stereocenters. The summed E-state index contributed by atoms with van der Waals surface area (Å²) in [5.74, 6) is -2.19. The predicted octanol–water partition coefficient (Wildman–Crippen LogP) is 0.786. The van der Waals surface area contributed by atoms with Crippen LogP contribution >= 0.6 is 0 Å². The van der Waals surface area contributed by atoms with Crippen LogP contribution in [0.5, 0.6) is 0 Å². The van der Waals surface area contributed by atoms with Gasteiger partial charge in [0.25, 0.3) is 0 Å². The third-order valence-electron chi connectivity index (χ3n) is 2.00. The minimum atomic E-state index is -1.05. The molecule has 0 bridgehead atoms. The van der Waals surface area contributed by atoms with Crippen molar-refractivity contribution in [1.29, 1.82) is 0 Å². The highest BCUT2D eigenvalue weighted by Crippen LogP contribution is 2.18. The quantitative estimate of drug-likeness (QED) is 0.401. The Morgan fingerprint density at radius 3 is 2.33 bits per heavy atom. The number of methoxy groups -OCH3 is 1. The molecule has 0 aromatic carbocycles. The fraction of sp³-hybridized carbons (Fsp3) is 0.500. The predicted molar refractivity (Wildman–Crippen MR) is 52.2 cm³/mol. The lowest BCUT2D eigenvalue weighted by Gasteiger charge is -2.12. The van der Waals surface area contributed by atoms with Crippen molar-refractivity contribution < 1.29 is 24.2 Å². The van der Waals surface area contributed by atoms with E-state index in [2.05, 4.69) is 4.74 Å². The van der Waals surface area contributed by atoms with E-state index in [-0.39, 0.29) is 12.8 Å². The lowest BCUT2D eigenvalue weighted by molar-refractivity contribution is -0.142. The van der Waals surface area contributed by atoms with Gasteiger partial charge in [0.05, 0.1) is 20.0 Å². The lowest BCUT2D eigenvalue weighted by atomic mass is 9.93. The van der Waals surface area contributed by atoms with E-state index in [1.165, 1.54) is 13.2 Å². The van der Waals surface area contributed by atoms with Crippen LogP contribution in [0.2, 0.25) is 0 Å². The summed E-state index contributed by atoms with van der Waals surface area (Å²) in [5.41, 5.74) is 0.308. The van der Waals surface area contributed by atoms with E-state index in [9.17, 15) is 14.4 Å². The molecular weight excluding hydrogens is 200 g/mol. The second-order valence-corrected chi connectivity index (χ2v) is 2.98. The van der Waals surface area contributed by atoms with E-state index >= 15 is 0 Å². The molecule has 0 heterocycles. The molecule has 0 amide bonds. The molecule has 5 heteroatoms. The fourth-order valence-corrected chi connectivity index (χ4v) is 1.20. The van der Waals surface area contributed by atoms with Crippen molar-refractivity contribution in [2.75, 3.05) is 7.11 Å². The van der Waals surface area contributed by atoms with E-state index in [0.29, 0.717) is 11.9 Å². The minimum absolute atomic E-state index is 0.0960. The number of rotatable bonds is 6. The zero-order valence-corrected chi connectivity index (χ0v) is 8.73. The van der Waals surface area contributed by atoms with Crippen molar-refractivity contribution in [1.82, 2.24) is 0 Å². The smallest absolute Gasteiger partial charge is 0.306 e. The average Bonchev–Trinajstić information content (AvgIpc) is 2.18. The topological polar surface area (TPSA) is 80.7 Å². The first-order valence-electron chi connectivity index (χ1n) is 4.45. The van der Waals surface area contributed by atoms with E-state index in [0.717, 1.165) is 0 Å². The summed E-state index contributed by atoms with van der Waals surface area (Å²) < 4.78 is 4.43. The highest BCUT2D eigenvalue weighted by atomic mass is 16.5. The molecule has 0 aliphatic carbocycles. The molecule has 0 fully saturated rings. The fourth-order valence-electron chi connectivity index (χ4n) is 1.20. The molecule has 15 heavy (non-hydrogen) atoms. The molecule has 0 saturated carbocycles. The number of carboxylic acids is 1. The number of ether oxygens (including phenoxy) is 1. The molecule has 0 aromatic rings. The maximum atomic E-state index is 11.0. The second kappa shape index (κ2) is 6.75. The van der Waals surface area contributed by atoms with E-state index in [4.69, 9.17) is 5.11 Å². The summed E-state index contributed by atoms with van der Waals surface area (Å²) in [5, 5.41) is 8.61. The Labute approximate surface area is 87.7 Å². The van der Waals surface area contributed by atoms with Crippen molar-refractivity contribution in [3.8, 4) is 0 Å². The van der Waals surface area contributed by atoms with Gasteiger partial charge in [0.1, 0.15) is 6.29 Å². The van der Waals surface area contributed by atoms with Crippen LogP contribution in [0, 0.1) is 5.92 Å². The van der Waals surface area contributed by atoms with Crippen LogP contribution in [0.3, 0.4) is 0 Å². The first kappa shape index (κ1) is 13.4. The van der Waals surface area contributed by atoms with Crippen molar-refractivity contribution in [3.63, 3.8) is 0 Å². The summed E-state index contributed by atoms with van der Waals surface area (Å²) in [6, 6.07) is 0. The number of carboxylic acid groups (broad SMARTS) is 1. The largest absolute Gasteiger partial charge is 0.481 e. The molecule has 0 radical (unpaired) electrons. The van der Waals surface area contributed by atoms with Crippen molar-refractivity contribution in [3.05, 3.63) is 11.6 Å². The molecule has 1 atom stereocenters. The molecule has 0 spiro atoms. The van der Waals surface area contributed by atoms with Gasteiger partial charge in [-0.15, -0.1) is 0 Å². The first-order valence-corrected chi connectivity index (χ1v) is 4.45. The van der Waals surface area contributed by atoms with Crippen LogP contribution in [0.15, 0.2) is 11.6 Å². The van der Waals surface area contributed by atoms with Gasteiger partial charge in [-0.2, -0.15) is 0 Å². The molecule has 0 aromatic heterocycles. The molecule has 0 aliphatic rings. The molecule has 0 rings (SSSR count). The van der Waals surface area contributed by atoms with Crippen LogP contribution in [0.1, 0.15) is 19.8 Å². The van der Waals surface area contributed by atoms with Crippen LogP contribution < -0.4 is 0 Å². The number of allylic oxidation sites excluding steroid dienone is 2. The molecule has 0 aliphatic heterocycles. The lowest BCUT2D eigenvalue weighted by Crippen LogP contribution is -2.16. The first-order chi connectivity index (χ1) is 7.04. The molecule has 0 saturated heterocycles. The second-order valence-electron chi connectivity index (χ2n) is 2.98. The zero-order chi connectivity index (χ0) is 11.8. The van der Waals surface area contributed by atoms with Gasteiger partial charge in [0.2, 0.25) is 0 Å². The number of aldehydes is 1. The van der Waals surface area contributed by atoms with E-state index in [1.807, 2.05) is 0 Å². The Balaban J connectivity index is 4.63. The van der Waals surface area contributed by atoms with Crippen LogP contribution in [0.25, 0.3) is 0 Å². The zero-order valence-electron chi connectivity index (χ0n) is 8.73. The Bertz CT molecular complexity index is 280. The van der Waals surface area contributed by atoms with Crippen molar-refractivity contribution >= 4 is 18.2 Å². The van der Waals surface area contributed by atoms with Crippen molar-refractivity contribution in [2.24, 2.45) is 5.92 Å². The van der Waals surface area contributed by atoms with E-state index < -0.39 is 17.9 Å². The Morgan fingerprint density at radius 2 is 2.00 bits per heavy atom. The maximum absolute atomic E-state index is 11.0. The van der Waals surface area contributed by atoms with Crippen LogP contribution in [0.4, 0.5) is 0 Å². The van der Waals surface area contributed by atoms with E-state index in [1.54, 1.807) is 6.92 Å².